The van der Waals surface area contributed by atoms with Crippen LogP contribution >= 0.6 is 34.8 Å². The fraction of sp³-hybridized carbons (Fsp3) is 0.267. The first-order valence-electron chi connectivity index (χ1n) is 6.75. The standard InChI is InChI=1S/C15H15Cl3N2O2/c16-15(17,18)14(20-13(21)12-7-4-10-22-12)19-9-8-11-5-2-1-3-6-11/h1-7,10,14,19H,8-9H2,(H,20,21)/p+1. The predicted octanol–water partition coefficient (Wildman–Crippen LogP) is 2.51. The third-order valence-corrected chi connectivity index (χ3v) is 3.77. The fourth-order valence-corrected chi connectivity index (χ4v) is 2.39. The summed E-state index contributed by atoms with van der Waals surface area (Å²) in [6.07, 6.45) is 1.51. The Labute approximate surface area is 143 Å². The zero-order chi connectivity index (χ0) is 16.0. The third-order valence-electron chi connectivity index (χ3n) is 3.06. The van der Waals surface area contributed by atoms with Crippen LogP contribution in [0.15, 0.2) is 53.1 Å². The molecule has 0 fully saturated rings. The van der Waals surface area contributed by atoms with Crippen LogP contribution in [0.1, 0.15) is 16.1 Å². The SMILES string of the molecule is O=C(NC([NH2+]CCc1ccccc1)C(Cl)(Cl)Cl)c1ccco1. The van der Waals surface area contributed by atoms with Gasteiger partial charge in [0.15, 0.2) is 5.76 Å². The topological polar surface area (TPSA) is 58.9 Å². The number of furan rings is 1. The molecule has 4 nitrogen and oxygen atoms in total. The van der Waals surface area contributed by atoms with E-state index in [1.165, 1.54) is 11.8 Å². The number of hydrogen-bond acceptors (Lipinski definition) is 2. The zero-order valence-corrected chi connectivity index (χ0v) is 13.9. The number of hydrogen-bond donors (Lipinski definition) is 2. The Morgan fingerprint density at radius 3 is 2.50 bits per heavy atom. The molecule has 0 radical (unpaired) electrons. The highest BCUT2D eigenvalue weighted by Gasteiger charge is 2.37. The number of amides is 1. The maximum Gasteiger partial charge on any atom is 0.291 e. The number of halogens is 3. The summed E-state index contributed by atoms with van der Waals surface area (Å²) >= 11 is 17.8. The maximum atomic E-state index is 12.0. The monoisotopic (exact) mass is 361 g/mol. The van der Waals surface area contributed by atoms with Crippen molar-refractivity contribution in [3.8, 4) is 0 Å². The van der Waals surface area contributed by atoms with Gasteiger partial charge < -0.3 is 9.73 Å². The lowest BCUT2D eigenvalue weighted by Gasteiger charge is -2.23. The predicted molar refractivity (Wildman–Crippen MR) is 87.2 cm³/mol. The second kappa shape index (κ2) is 7.88. The van der Waals surface area contributed by atoms with E-state index >= 15 is 0 Å². The molecular formula is C15H16Cl3N2O2+. The Balaban J connectivity index is 1.91. The van der Waals surface area contributed by atoms with E-state index in [1.807, 2.05) is 30.3 Å². The average Bonchev–Trinajstić information content (AvgIpc) is 3.00. The molecule has 1 aromatic heterocycles. The van der Waals surface area contributed by atoms with Gasteiger partial charge in [0.2, 0.25) is 6.17 Å². The molecule has 118 valence electrons. The number of benzene rings is 1. The molecule has 0 spiro atoms. The molecule has 0 saturated carbocycles. The van der Waals surface area contributed by atoms with Crippen molar-refractivity contribution in [1.29, 1.82) is 0 Å². The Hall–Kier alpha value is -1.20. The largest absolute Gasteiger partial charge is 0.459 e. The normalized spacial score (nSPS) is 12.9. The second-order valence-electron chi connectivity index (χ2n) is 4.73. The van der Waals surface area contributed by atoms with E-state index in [9.17, 15) is 4.79 Å². The Bertz CT molecular complexity index is 583. The van der Waals surface area contributed by atoms with Crippen LogP contribution in [0, 0.1) is 0 Å². The molecule has 1 heterocycles. The van der Waals surface area contributed by atoms with Crippen molar-refractivity contribution < 1.29 is 14.5 Å². The molecule has 0 bridgehead atoms. The summed E-state index contributed by atoms with van der Waals surface area (Å²) in [5.41, 5.74) is 1.18. The number of carbonyl (C=O) groups is 1. The molecule has 3 N–H and O–H groups in total. The smallest absolute Gasteiger partial charge is 0.291 e. The van der Waals surface area contributed by atoms with E-state index in [4.69, 9.17) is 39.2 Å². The van der Waals surface area contributed by atoms with Crippen LogP contribution in [0.25, 0.3) is 0 Å². The first-order chi connectivity index (χ1) is 10.5. The van der Waals surface area contributed by atoms with Crippen LogP contribution in [0.3, 0.4) is 0 Å². The molecule has 1 unspecified atom stereocenters. The Morgan fingerprint density at radius 2 is 1.91 bits per heavy atom. The summed E-state index contributed by atoms with van der Waals surface area (Å²) in [5.74, 6) is -0.243. The number of nitrogens with one attached hydrogen (secondary N) is 1. The van der Waals surface area contributed by atoms with Crippen molar-refractivity contribution in [1.82, 2.24) is 5.32 Å². The second-order valence-corrected chi connectivity index (χ2v) is 7.10. The van der Waals surface area contributed by atoms with Crippen LogP contribution in [0.4, 0.5) is 0 Å². The average molecular weight is 363 g/mol. The maximum absolute atomic E-state index is 12.0. The molecule has 7 heteroatoms. The van der Waals surface area contributed by atoms with Crippen molar-refractivity contribution >= 4 is 40.7 Å². The number of alkyl halides is 3. The first-order valence-corrected chi connectivity index (χ1v) is 7.88. The lowest BCUT2D eigenvalue weighted by molar-refractivity contribution is -0.691. The first kappa shape index (κ1) is 17.2. The molecule has 0 saturated heterocycles. The van der Waals surface area contributed by atoms with E-state index in [0.29, 0.717) is 6.54 Å². The highest BCUT2D eigenvalue weighted by Crippen LogP contribution is 2.27. The number of rotatable bonds is 6. The minimum absolute atomic E-state index is 0.177. The van der Waals surface area contributed by atoms with E-state index in [0.717, 1.165) is 6.42 Å². The molecule has 22 heavy (non-hydrogen) atoms. The quantitative estimate of drug-likeness (QED) is 0.613. The molecular weight excluding hydrogens is 347 g/mol. The van der Waals surface area contributed by atoms with Gasteiger partial charge in [-0.3, -0.25) is 10.1 Å². The molecule has 0 aliphatic carbocycles. The molecule has 2 aromatic rings. The van der Waals surface area contributed by atoms with Crippen molar-refractivity contribution in [2.45, 2.75) is 16.4 Å². The summed E-state index contributed by atoms with van der Waals surface area (Å²) < 4.78 is 3.40. The van der Waals surface area contributed by atoms with Gasteiger partial charge in [-0.2, -0.15) is 0 Å². The molecule has 0 aliphatic heterocycles. The van der Waals surface area contributed by atoms with Crippen LogP contribution in [-0.4, -0.2) is 22.4 Å². The number of carbonyl (C=O) groups excluding carboxylic acids is 1. The minimum Gasteiger partial charge on any atom is -0.459 e. The van der Waals surface area contributed by atoms with E-state index in [2.05, 4.69) is 5.32 Å². The van der Waals surface area contributed by atoms with E-state index in [1.54, 1.807) is 17.4 Å². The van der Waals surface area contributed by atoms with Crippen molar-refractivity contribution in [2.75, 3.05) is 6.54 Å². The van der Waals surface area contributed by atoms with Gasteiger partial charge in [-0.25, -0.2) is 0 Å². The van der Waals surface area contributed by atoms with E-state index in [-0.39, 0.29) is 5.76 Å². The molecule has 1 aromatic carbocycles. The van der Waals surface area contributed by atoms with Gasteiger partial charge in [-0.15, -0.1) is 0 Å². The fourth-order valence-electron chi connectivity index (χ4n) is 1.96. The summed E-state index contributed by atoms with van der Waals surface area (Å²) in [6, 6.07) is 13.1. The van der Waals surface area contributed by atoms with Crippen LogP contribution in [0.5, 0.6) is 0 Å². The van der Waals surface area contributed by atoms with Crippen molar-refractivity contribution in [2.24, 2.45) is 0 Å². The van der Waals surface area contributed by atoms with Gasteiger partial charge in [-0.05, 0) is 17.7 Å². The molecule has 1 amide bonds. The third kappa shape index (κ3) is 5.21. The number of quaternary nitrogens is 1. The summed E-state index contributed by atoms with van der Waals surface area (Å²) in [5, 5.41) is 4.45. The van der Waals surface area contributed by atoms with Gasteiger partial charge in [0.1, 0.15) is 0 Å². The van der Waals surface area contributed by atoms with E-state index < -0.39 is 15.9 Å². The molecule has 0 aliphatic rings. The van der Waals surface area contributed by atoms with Gasteiger partial charge in [0.05, 0.1) is 12.8 Å². The van der Waals surface area contributed by atoms with Crippen LogP contribution in [0.2, 0.25) is 0 Å². The zero-order valence-electron chi connectivity index (χ0n) is 11.6. The van der Waals surface area contributed by atoms with Gasteiger partial charge in [-0.1, -0.05) is 65.1 Å². The summed E-state index contributed by atoms with van der Waals surface area (Å²) in [7, 11) is 0. The highest BCUT2D eigenvalue weighted by atomic mass is 35.6. The summed E-state index contributed by atoms with van der Waals surface area (Å²) in [6.45, 7) is 0.668. The van der Waals surface area contributed by atoms with Crippen molar-refractivity contribution in [3.05, 3.63) is 60.1 Å². The lowest BCUT2D eigenvalue weighted by atomic mass is 10.1. The Morgan fingerprint density at radius 1 is 1.18 bits per heavy atom. The van der Waals surface area contributed by atoms with Gasteiger partial charge in [0, 0.05) is 6.42 Å². The van der Waals surface area contributed by atoms with Crippen LogP contribution < -0.4 is 10.6 Å². The minimum atomic E-state index is -1.63. The van der Waals surface area contributed by atoms with Gasteiger partial charge in [0.25, 0.3) is 9.70 Å². The van der Waals surface area contributed by atoms with Crippen LogP contribution in [-0.2, 0) is 6.42 Å². The number of nitrogens with two attached hydrogens (primary N) is 1. The lowest BCUT2D eigenvalue weighted by Crippen LogP contribution is -2.96. The molecule has 1 atom stereocenters. The van der Waals surface area contributed by atoms with Gasteiger partial charge >= 0.3 is 0 Å². The summed E-state index contributed by atoms with van der Waals surface area (Å²) in [4.78, 5) is 12.0. The molecule has 2 rings (SSSR count). The van der Waals surface area contributed by atoms with Crippen molar-refractivity contribution in [3.63, 3.8) is 0 Å². The Kier molecular flexibility index (Phi) is 6.15. The highest BCUT2D eigenvalue weighted by molar-refractivity contribution is 6.68.